The monoisotopic (exact) mass is 343 g/mol. The Hall–Kier alpha value is -1.47. The summed E-state index contributed by atoms with van der Waals surface area (Å²) < 4.78 is 5.88. The molecule has 5 nitrogen and oxygen atoms in total. The first-order valence-corrected chi connectivity index (χ1v) is 7.02. The number of hydrogen-bond donors (Lipinski definition) is 2. The molecule has 1 aliphatic rings. The van der Waals surface area contributed by atoms with Gasteiger partial charge in [0.25, 0.3) is 11.1 Å². The molecule has 2 amide bonds. The van der Waals surface area contributed by atoms with E-state index in [1.807, 2.05) is 0 Å². The lowest BCUT2D eigenvalue weighted by molar-refractivity contribution is -0.115. The third-order valence-electron chi connectivity index (χ3n) is 2.31. The smallest absolute Gasteiger partial charge is 0.290 e. The van der Waals surface area contributed by atoms with Gasteiger partial charge < -0.3 is 9.84 Å². The van der Waals surface area contributed by atoms with Crippen LogP contribution in [0.1, 0.15) is 12.5 Å². The van der Waals surface area contributed by atoms with E-state index in [0.717, 1.165) is 11.8 Å². The molecule has 19 heavy (non-hydrogen) atoms. The van der Waals surface area contributed by atoms with E-state index in [-0.39, 0.29) is 5.75 Å². The lowest BCUT2D eigenvalue weighted by atomic mass is 10.2. The van der Waals surface area contributed by atoms with Crippen molar-refractivity contribution in [1.82, 2.24) is 5.32 Å². The number of aromatic hydroxyl groups is 1. The topological polar surface area (TPSA) is 75.6 Å². The first-order valence-electron chi connectivity index (χ1n) is 5.41. The standard InChI is InChI=1S/C12H10BrNO4S/c1-2-18-9-3-6(7(13)5-8(9)15)4-10-11(16)14-12(17)19-10/h3-5,15H,2H2,1H3,(H,14,16,17)/b10-4+. The van der Waals surface area contributed by atoms with Crippen LogP contribution < -0.4 is 10.1 Å². The Bertz CT molecular complexity index is 585. The number of nitrogens with one attached hydrogen (secondary N) is 1. The maximum Gasteiger partial charge on any atom is 0.290 e. The first kappa shape index (κ1) is 14.0. The maximum atomic E-state index is 11.5. The van der Waals surface area contributed by atoms with E-state index in [2.05, 4.69) is 21.2 Å². The lowest BCUT2D eigenvalue weighted by Crippen LogP contribution is -2.17. The fourth-order valence-corrected chi connectivity index (χ4v) is 2.62. The summed E-state index contributed by atoms with van der Waals surface area (Å²) in [7, 11) is 0. The number of phenols is 1. The number of carbonyl (C=O) groups is 2. The molecule has 0 atom stereocenters. The van der Waals surface area contributed by atoms with Crippen LogP contribution in [0.3, 0.4) is 0 Å². The molecular weight excluding hydrogens is 334 g/mol. The third kappa shape index (κ3) is 3.10. The van der Waals surface area contributed by atoms with Crippen LogP contribution >= 0.6 is 27.7 Å². The summed E-state index contributed by atoms with van der Waals surface area (Å²) in [5.41, 5.74) is 0.647. The number of rotatable bonds is 3. The molecule has 1 fully saturated rings. The van der Waals surface area contributed by atoms with E-state index in [4.69, 9.17) is 4.74 Å². The second-order valence-electron chi connectivity index (χ2n) is 3.63. The minimum absolute atomic E-state index is 0.00970. The van der Waals surface area contributed by atoms with Gasteiger partial charge in [-0.25, -0.2) is 0 Å². The first-order chi connectivity index (χ1) is 9.01. The van der Waals surface area contributed by atoms with Crippen molar-refractivity contribution in [2.24, 2.45) is 0 Å². The number of carbonyl (C=O) groups excluding carboxylic acids is 2. The highest BCUT2D eigenvalue weighted by molar-refractivity contribution is 9.10. The molecule has 0 unspecified atom stereocenters. The van der Waals surface area contributed by atoms with Crippen LogP contribution in [0.4, 0.5) is 4.79 Å². The fraction of sp³-hybridized carbons (Fsp3) is 0.167. The van der Waals surface area contributed by atoms with Gasteiger partial charge in [-0.1, -0.05) is 15.9 Å². The van der Waals surface area contributed by atoms with Crippen molar-refractivity contribution in [2.45, 2.75) is 6.92 Å². The Kier molecular flexibility index (Phi) is 4.16. The lowest BCUT2D eigenvalue weighted by Gasteiger charge is -2.08. The normalized spacial score (nSPS) is 16.8. The summed E-state index contributed by atoms with van der Waals surface area (Å²) in [5, 5.41) is 11.5. The van der Waals surface area contributed by atoms with Gasteiger partial charge in [0.2, 0.25) is 0 Å². The number of amides is 2. The molecule has 1 aromatic rings. The molecule has 0 bridgehead atoms. The molecule has 0 spiro atoms. The molecule has 2 N–H and O–H groups in total. The minimum Gasteiger partial charge on any atom is -0.504 e. The van der Waals surface area contributed by atoms with E-state index in [0.29, 0.717) is 27.3 Å². The fourth-order valence-electron chi connectivity index (χ4n) is 1.50. The Morgan fingerprint density at radius 2 is 2.21 bits per heavy atom. The number of phenolic OH excluding ortho intramolecular Hbond substituents is 1. The summed E-state index contributed by atoms with van der Waals surface area (Å²) >= 11 is 4.13. The zero-order chi connectivity index (χ0) is 14.0. The van der Waals surface area contributed by atoms with Crippen molar-refractivity contribution >= 4 is 44.9 Å². The maximum absolute atomic E-state index is 11.5. The van der Waals surface area contributed by atoms with Gasteiger partial charge in [0, 0.05) is 4.47 Å². The predicted octanol–water partition coefficient (Wildman–Crippen LogP) is 2.88. The van der Waals surface area contributed by atoms with Crippen LogP contribution in [-0.2, 0) is 4.79 Å². The molecule has 2 rings (SSSR count). The van der Waals surface area contributed by atoms with Crippen LogP contribution in [0.2, 0.25) is 0 Å². The molecule has 0 saturated carbocycles. The van der Waals surface area contributed by atoms with Crippen molar-refractivity contribution in [3.8, 4) is 11.5 Å². The molecule has 0 aliphatic carbocycles. The number of benzene rings is 1. The second kappa shape index (κ2) is 5.66. The van der Waals surface area contributed by atoms with Gasteiger partial charge in [-0.15, -0.1) is 0 Å². The van der Waals surface area contributed by atoms with Crippen molar-refractivity contribution in [1.29, 1.82) is 0 Å². The summed E-state index contributed by atoms with van der Waals surface area (Å²) in [6, 6.07) is 3.09. The summed E-state index contributed by atoms with van der Waals surface area (Å²) in [4.78, 5) is 22.8. The predicted molar refractivity (Wildman–Crippen MR) is 76.1 cm³/mol. The van der Waals surface area contributed by atoms with E-state index in [9.17, 15) is 14.7 Å². The molecule has 0 radical (unpaired) electrons. The van der Waals surface area contributed by atoms with Gasteiger partial charge in [0.15, 0.2) is 11.5 Å². The van der Waals surface area contributed by atoms with Gasteiger partial charge in [-0.3, -0.25) is 14.9 Å². The van der Waals surface area contributed by atoms with Crippen LogP contribution in [0, 0.1) is 0 Å². The SMILES string of the molecule is CCOc1cc(/C=C2/SC(=O)NC2=O)c(Br)cc1O. The Morgan fingerprint density at radius 1 is 1.47 bits per heavy atom. The van der Waals surface area contributed by atoms with Crippen LogP contribution in [0.25, 0.3) is 6.08 Å². The number of thioether (sulfide) groups is 1. The summed E-state index contributed by atoms with van der Waals surface area (Å²) in [6.07, 6.45) is 1.57. The van der Waals surface area contributed by atoms with Gasteiger partial charge in [0.1, 0.15) is 0 Å². The highest BCUT2D eigenvalue weighted by atomic mass is 79.9. The van der Waals surface area contributed by atoms with Gasteiger partial charge >= 0.3 is 0 Å². The molecule has 7 heteroatoms. The van der Waals surface area contributed by atoms with E-state index >= 15 is 0 Å². The largest absolute Gasteiger partial charge is 0.504 e. The highest BCUT2D eigenvalue weighted by Gasteiger charge is 2.25. The Morgan fingerprint density at radius 3 is 2.79 bits per heavy atom. The number of imide groups is 1. The average Bonchev–Trinajstić information content (AvgIpc) is 2.64. The molecule has 1 aliphatic heterocycles. The van der Waals surface area contributed by atoms with Crippen LogP contribution in [0.15, 0.2) is 21.5 Å². The average molecular weight is 344 g/mol. The number of hydrogen-bond acceptors (Lipinski definition) is 5. The van der Waals surface area contributed by atoms with E-state index in [1.165, 1.54) is 6.07 Å². The quantitative estimate of drug-likeness (QED) is 0.825. The third-order valence-corrected chi connectivity index (χ3v) is 3.80. The zero-order valence-electron chi connectivity index (χ0n) is 9.90. The summed E-state index contributed by atoms with van der Waals surface area (Å²) in [5.74, 6) is -0.0873. The van der Waals surface area contributed by atoms with Crippen molar-refractivity contribution in [2.75, 3.05) is 6.61 Å². The highest BCUT2D eigenvalue weighted by Crippen LogP contribution is 2.35. The van der Waals surface area contributed by atoms with Gasteiger partial charge in [-0.05, 0) is 42.5 Å². The molecule has 1 aromatic carbocycles. The Labute approximate surface area is 122 Å². The summed E-state index contributed by atoms with van der Waals surface area (Å²) in [6.45, 7) is 2.22. The number of halogens is 1. The van der Waals surface area contributed by atoms with Crippen LogP contribution in [-0.4, -0.2) is 22.9 Å². The zero-order valence-corrected chi connectivity index (χ0v) is 12.3. The van der Waals surface area contributed by atoms with Gasteiger partial charge in [0.05, 0.1) is 11.5 Å². The second-order valence-corrected chi connectivity index (χ2v) is 5.50. The number of ether oxygens (including phenoxy) is 1. The molecule has 0 aromatic heterocycles. The van der Waals surface area contributed by atoms with Crippen LogP contribution in [0.5, 0.6) is 11.5 Å². The van der Waals surface area contributed by atoms with E-state index in [1.54, 1.807) is 19.1 Å². The minimum atomic E-state index is -0.423. The Balaban J connectivity index is 2.39. The van der Waals surface area contributed by atoms with E-state index < -0.39 is 11.1 Å². The van der Waals surface area contributed by atoms with Crippen molar-refractivity contribution in [3.05, 3.63) is 27.1 Å². The molecule has 1 saturated heterocycles. The molecule has 1 heterocycles. The molecule has 100 valence electrons. The van der Waals surface area contributed by atoms with Gasteiger partial charge in [-0.2, -0.15) is 0 Å². The molecular formula is C12H10BrNO4S. The van der Waals surface area contributed by atoms with Crippen molar-refractivity contribution in [3.63, 3.8) is 0 Å². The van der Waals surface area contributed by atoms with Crippen molar-refractivity contribution < 1.29 is 19.4 Å².